The first-order valence-electron chi connectivity index (χ1n) is 9.35. The molecular weight excluding hydrogens is 474 g/mol. The van der Waals surface area contributed by atoms with Gasteiger partial charge < -0.3 is 9.30 Å². The first-order valence-corrected chi connectivity index (χ1v) is 12.7. The second kappa shape index (κ2) is 9.81. The van der Waals surface area contributed by atoms with Gasteiger partial charge in [-0.3, -0.25) is 10.1 Å². The second-order valence-corrected chi connectivity index (χ2v) is 10.4. The topological polar surface area (TPSA) is 146 Å². The van der Waals surface area contributed by atoms with Crippen LogP contribution in [0.5, 0.6) is 0 Å². The van der Waals surface area contributed by atoms with E-state index in [2.05, 4.69) is 15.5 Å². The van der Waals surface area contributed by atoms with Crippen LogP contribution in [0, 0.1) is 13.8 Å². The fraction of sp³-hybridized carbons (Fsp3) is 0.263. The van der Waals surface area contributed by atoms with E-state index in [0.29, 0.717) is 15.0 Å². The van der Waals surface area contributed by atoms with Crippen molar-refractivity contribution in [2.75, 3.05) is 17.7 Å². The Hall–Kier alpha value is -2.74. The number of thioether (sulfide) groups is 1. The van der Waals surface area contributed by atoms with Crippen molar-refractivity contribution in [3.05, 3.63) is 47.3 Å². The third-order valence-corrected chi connectivity index (χ3v) is 7.27. The number of sulfonamides is 1. The minimum atomic E-state index is -3.78. The molecule has 170 valence electrons. The summed E-state index contributed by atoms with van der Waals surface area (Å²) >= 11 is 2.37. The summed E-state index contributed by atoms with van der Waals surface area (Å²) in [7, 11) is -3.78. The van der Waals surface area contributed by atoms with E-state index >= 15 is 0 Å². The highest BCUT2D eigenvalue weighted by Gasteiger charge is 2.18. The number of ketones is 1. The molecule has 0 radical (unpaired) electrons. The van der Waals surface area contributed by atoms with Gasteiger partial charge in [0, 0.05) is 22.6 Å². The molecule has 0 fully saturated rings. The monoisotopic (exact) mass is 495 g/mol. The maximum atomic E-state index is 12.8. The lowest BCUT2D eigenvalue weighted by atomic mass is 10.2. The summed E-state index contributed by atoms with van der Waals surface area (Å²) in [5, 5.41) is 15.7. The van der Waals surface area contributed by atoms with Gasteiger partial charge in [-0.05, 0) is 51.1 Å². The molecule has 0 unspecified atom stereocenters. The van der Waals surface area contributed by atoms with Crippen LogP contribution in [-0.2, 0) is 14.8 Å². The minimum Gasteiger partial charge on any atom is -0.450 e. The fourth-order valence-corrected chi connectivity index (χ4v) is 5.14. The normalized spacial score (nSPS) is 11.4. The molecule has 32 heavy (non-hydrogen) atoms. The fourth-order valence-electron chi connectivity index (χ4n) is 3.01. The van der Waals surface area contributed by atoms with Gasteiger partial charge in [0.15, 0.2) is 10.1 Å². The zero-order valence-electron chi connectivity index (χ0n) is 17.5. The zero-order chi connectivity index (χ0) is 23.5. The molecule has 0 aliphatic carbocycles. The standard InChI is InChI=1S/C19H21N5O5S3/c1-4-29-18(26)21-17-22-23-19(31-17)30-10-16(25)15-9-11(2)24(12(15)3)13-5-7-14(8-6-13)32(20,27)28/h5-9H,4,10H2,1-3H3,(H2,20,27,28)(H,21,22,26). The van der Waals surface area contributed by atoms with Crippen LogP contribution in [0.1, 0.15) is 28.7 Å². The van der Waals surface area contributed by atoms with Gasteiger partial charge in [-0.1, -0.05) is 23.1 Å². The van der Waals surface area contributed by atoms with Crippen LogP contribution in [0.2, 0.25) is 0 Å². The molecule has 0 atom stereocenters. The number of anilines is 1. The van der Waals surface area contributed by atoms with Gasteiger partial charge in [0.1, 0.15) is 0 Å². The molecule has 3 aromatic rings. The number of benzene rings is 1. The number of nitrogens with one attached hydrogen (secondary N) is 1. The molecule has 0 spiro atoms. The number of nitrogens with two attached hydrogens (primary N) is 1. The van der Waals surface area contributed by atoms with E-state index in [1.807, 2.05) is 18.4 Å². The van der Waals surface area contributed by atoms with E-state index in [-0.39, 0.29) is 23.0 Å². The first kappa shape index (κ1) is 23.9. The highest BCUT2D eigenvalue weighted by Crippen LogP contribution is 2.28. The Morgan fingerprint density at radius 3 is 2.53 bits per heavy atom. The van der Waals surface area contributed by atoms with Crippen LogP contribution in [0.15, 0.2) is 39.6 Å². The van der Waals surface area contributed by atoms with E-state index in [1.165, 1.54) is 23.9 Å². The van der Waals surface area contributed by atoms with Crippen LogP contribution in [0.3, 0.4) is 0 Å². The SMILES string of the molecule is CCOC(=O)Nc1nnc(SCC(=O)c2cc(C)n(-c3ccc(S(N)(=O)=O)cc3)c2C)s1. The Bertz CT molecular complexity index is 1250. The molecule has 1 aromatic carbocycles. The largest absolute Gasteiger partial charge is 0.450 e. The average Bonchev–Trinajstić information content (AvgIpc) is 3.29. The summed E-state index contributed by atoms with van der Waals surface area (Å²) in [6.07, 6.45) is -0.610. The molecule has 0 bridgehead atoms. The van der Waals surface area contributed by atoms with Crippen molar-refractivity contribution in [2.45, 2.75) is 30.0 Å². The number of amides is 1. The number of carbonyl (C=O) groups excluding carboxylic acids is 2. The maximum Gasteiger partial charge on any atom is 0.413 e. The van der Waals surface area contributed by atoms with Gasteiger partial charge in [0.2, 0.25) is 15.2 Å². The van der Waals surface area contributed by atoms with Crippen LogP contribution >= 0.6 is 23.1 Å². The number of aromatic nitrogens is 3. The van der Waals surface area contributed by atoms with E-state index in [9.17, 15) is 18.0 Å². The lowest BCUT2D eigenvalue weighted by Gasteiger charge is -2.10. The van der Waals surface area contributed by atoms with Crippen molar-refractivity contribution < 1.29 is 22.7 Å². The number of Topliss-reactive ketones (excluding diaryl/α,β-unsaturated/α-hetero) is 1. The number of ether oxygens (including phenoxy) is 1. The van der Waals surface area contributed by atoms with E-state index < -0.39 is 16.1 Å². The third-order valence-electron chi connectivity index (χ3n) is 4.37. The molecule has 1 amide bonds. The number of primary sulfonamides is 1. The van der Waals surface area contributed by atoms with E-state index in [4.69, 9.17) is 9.88 Å². The summed E-state index contributed by atoms with van der Waals surface area (Å²) in [6.45, 7) is 5.63. The van der Waals surface area contributed by atoms with Crippen LogP contribution in [0.25, 0.3) is 5.69 Å². The molecule has 0 aliphatic heterocycles. The van der Waals surface area contributed by atoms with Gasteiger partial charge in [-0.2, -0.15) is 0 Å². The molecule has 3 rings (SSSR count). The molecule has 13 heteroatoms. The third kappa shape index (κ3) is 5.54. The number of aryl methyl sites for hydroxylation is 1. The molecule has 2 aromatic heterocycles. The smallest absolute Gasteiger partial charge is 0.413 e. The molecule has 0 saturated heterocycles. The van der Waals surface area contributed by atoms with Crippen molar-refractivity contribution in [2.24, 2.45) is 5.14 Å². The van der Waals surface area contributed by atoms with Crippen molar-refractivity contribution in [1.82, 2.24) is 14.8 Å². The van der Waals surface area contributed by atoms with Crippen molar-refractivity contribution in [1.29, 1.82) is 0 Å². The maximum absolute atomic E-state index is 12.8. The van der Waals surface area contributed by atoms with Gasteiger partial charge in [0.25, 0.3) is 0 Å². The molecule has 3 N–H and O–H groups in total. The van der Waals surface area contributed by atoms with Crippen molar-refractivity contribution in [3.8, 4) is 5.69 Å². The summed E-state index contributed by atoms with van der Waals surface area (Å²) in [4.78, 5) is 24.3. The van der Waals surface area contributed by atoms with Gasteiger partial charge >= 0.3 is 6.09 Å². The van der Waals surface area contributed by atoms with Gasteiger partial charge in [0.05, 0.1) is 17.3 Å². The van der Waals surface area contributed by atoms with Crippen molar-refractivity contribution >= 4 is 50.1 Å². The molecule has 0 saturated carbocycles. The molecular formula is C19H21N5O5S3. The quantitative estimate of drug-likeness (QED) is 0.275. The number of rotatable bonds is 8. The van der Waals surface area contributed by atoms with E-state index in [0.717, 1.165) is 28.4 Å². The van der Waals surface area contributed by atoms with Gasteiger partial charge in [-0.25, -0.2) is 18.4 Å². The zero-order valence-corrected chi connectivity index (χ0v) is 19.9. The lowest BCUT2D eigenvalue weighted by molar-refractivity contribution is 0.102. The number of hydrogen-bond donors (Lipinski definition) is 2. The second-order valence-electron chi connectivity index (χ2n) is 6.59. The van der Waals surface area contributed by atoms with Crippen LogP contribution < -0.4 is 10.5 Å². The summed E-state index contributed by atoms with van der Waals surface area (Å²) in [5.41, 5.74) is 2.84. The Kier molecular flexibility index (Phi) is 7.33. The predicted octanol–water partition coefficient (Wildman–Crippen LogP) is 3.14. The molecule has 10 nitrogen and oxygen atoms in total. The molecule has 0 aliphatic rings. The number of hydrogen-bond acceptors (Lipinski definition) is 9. The summed E-state index contributed by atoms with van der Waals surface area (Å²) < 4.78 is 30.1. The minimum absolute atomic E-state index is 0.0188. The van der Waals surface area contributed by atoms with Gasteiger partial charge in [-0.15, -0.1) is 10.2 Å². The first-order chi connectivity index (χ1) is 15.1. The van der Waals surface area contributed by atoms with E-state index in [1.54, 1.807) is 25.1 Å². The highest BCUT2D eigenvalue weighted by molar-refractivity contribution is 8.01. The Balaban J connectivity index is 1.71. The number of nitrogens with zero attached hydrogens (tertiary/aromatic N) is 3. The summed E-state index contributed by atoms with van der Waals surface area (Å²) in [5.74, 6) is 0.0495. The van der Waals surface area contributed by atoms with Crippen LogP contribution in [-0.4, -0.2) is 47.4 Å². The van der Waals surface area contributed by atoms with Crippen molar-refractivity contribution in [3.63, 3.8) is 0 Å². The average molecular weight is 496 g/mol. The van der Waals surface area contributed by atoms with Crippen LogP contribution in [0.4, 0.5) is 9.93 Å². The number of carbonyl (C=O) groups is 2. The highest BCUT2D eigenvalue weighted by atomic mass is 32.2. The Morgan fingerprint density at radius 1 is 1.22 bits per heavy atom. The Morgan fingerprint density at radius 2 is 1.91 bits per heavy atom. The lowest BCUT2D eigenvalue weighted by Crippen LogP contribution is -2.12. The Labute approximate surface area is 193 Å². The summed E-state index contributed by atoms with van der Waals surface area (Å²) in [6, 6.07) is 7.93. The predicted molar refractivity (Wildman–Crippen MR) is 122 cm³/mol. The molecule has 2 heterocycles.